The van der Waals surface area contributed by atoms with Crippen molar-refractivity contribution in [3.8, 4) is 0 Å². The van der Waals surface area contributed by atoms with Crippen LogP contribution in [0.25, 0.3) is 0 Å². The molecule has 1 unspecified atom stereocenters. The van der Waals surface area contributed by atoms with Gasteiger partial charge in [-0.2, -0.15) is 0 Å². The highest BCUT2D eigenvalue weighted by Crippen LogP contribution is 2.11. The van der Waals surface area contributed by atoms with E-state index in [1.54, 1.807) is 0 Å². The van der Waals surface area contributed by atoms with Crippen molar-refractivity contribution in [2.45, 2.75) is 46.6 Å². The SMILES string of the molecule is C/C=N\C(C)C[C@@H](C)CC. The molecule has 0 spiro atoms. The van der Waals surface area contributed by atoms with E-state index in [0.29, 0.717) is 6.04 Å². The Morgan fingerprint density at radius 2 is 2.00 bits per heavy atom. The monoisotopic (exact) mass is 141 g/mol. The van der Waals surface area contributed by atoms with Crippen LogP contribution in [0.3, 0.4) is 0 Å². The quantitative estimate of drug-likeness (QED) is 0.534. The minimum absolute atomic E-state index is 0.514. The van der Waals surface area contributed by atoms with Crippen molar-refractivity contribution in [3.05, 3.63) is 0 Å². The maximum absolute atomic E-state index is 4.29. The predicted molar refractivity (Wildman–Crippen MR) is 47.7 cm³/mol. The van der Waals surface area contributed by atoms with E-state index in [0.717, 1.165) is 5.92 Å². The van der Waals surface area contributed by atoms with Crippen molar-refractivity contribution in [2.75, 3.05) is 0 Å². The molecule has 0 aliphatic carbocycles. The van der Waals surface area contributed by atoms with E-state index in [1.807, 2.05) is 13.1 Å². The molecule has 0 radical (unpaired) electrons. The topological polar surface area (TPSA) is 12.4 Å². The molecule has 0 rings (SSSR count). The maximum Gasteiger partial charge on any atom is 0.0469 e. The summed E-state index contributed by atoms with van der Waals surface area (Å²) in [6.07, 6.45) is 4.39. The summed E-state index contributed by atoms with van der Waals surface area (Å²) in [5.74, 6) is 0.818. The highest BCUT2D eigenvalue weighted by Gasteiger charge is 2.03. The molecule has 0 aromatic carbocycles. The van der Waals surface area contributed by atoms with Gasteiger partial charge in [-0.15, -0.1) is 0 Å². The minimum atomic E-state index is 0.514. The molecule has 0 saturated carbocycles. The van der Waals surface area contributed by atoms with Crippen LogP contribution in [0.5, 0.6) is 0 Å². The summed E-state index contributed by atoms with van der Waals surface area (Å²) in [7, 11) is 0. The lowest BCUT2D eigenvalue weighted by Gasteiger charge is -2.10. The predicted octanol–water partition coefficient (Wildman–Crippen LogP) is 2.90. The smallest absolute Gasteiger partial charge is 0.0469 e. The van der Waals surface area contributed by atoms with Crippen LogP contribution in [-0.2, 0) is 0 Å². The van der Waals surface area contributed by atoms with Crippen molar-refractivity contribution in [3.63, 3.8) is 0 Å². The Morgan fingerprint density at radius 1 is 1.40 bits per heavy atom. The highest BCUT2D eigenvalue weighted by molar-refractivity contribution is 5.53. The van der Waals surface area contributed by atoms with Gasteiger partial charge in [0.1, 0.15) is 0 Å². The fourth-order valence-electron chi connectivity index (χ4n) is 1.06. The lowest BCUT2D eigenvalue weighted by Crippen LogP contribution is -2.04. The molecule has 0 fully saturated rings. The second-order valence-corrected chi connectivity index (χ2v) is 3.01. The number of rotatable bonds is 4. The third-order valence-corrected chi connectivity index (χ3v) is 1.84. The van der Waals surface area contributed by atoms with Gasteiger partial charge in [0.25, 0.3) is 0 Å². The Morgan fingerprint density at radius 3 is 2.40 bits per heavy atom. The van der Waals surface area contributed by atoms with Gasteiger partial charge in [0.15, 0.2) is 0 Å². The normalized spacial score (nSPS) is 17.6. The van der Waals surface area contributed by atoms with Crippen LogP contribution in [0.4, 0.5) is 0 Å². The average molecular weight is 141 g/mol. The molecule has 0 heterocycles. The Labute approximate surface area is 64.6 Å². The zero-order valence-electron chi connectivity index (χ0n) is 7.59. The van der Waals surface area contributed by atoms with E-state index in [2.05, 4.69) is 25.8 Å². The number of aliphatic imine (C=N–C) groups is 1. The van der Waals surface area contributed by atoms with Gasteiger partial charge in [-0.1, -0.05) is 20.3 Å². The van der Waals surface area contributed by atoms with E-state index in [1.165, 1.54) is 12.8 Å². The van der Waals surface area contributed by atoms with Crippen molar-refractivity contribution < 1.29 is 0 Å². The minimum Gasteiger partial charge on any atom is -0.295 e. The fourth-order valence-corrected chi connectivity index (χ4v) is 1.06. The van der Waals surface area contributed by atoms with Crippen LogP contribution in [0.15, 0.2) is 4.99 Å². The van der Waals surface area contributed by atoms with Crippen LogP contribution in [0.2, 0.25) is 0 Å². The largest absolute Gasteiger partial charge is 0.295 e. The summed E-state index contributed by atoms with van der Waals surface area (Å²) < 4.78 is 0. The number of nitrogens with zero attached hydrogens (tertiary/aromatic N) is 1. The van der Waals surface area contributed by atoms with Crippen LogP contribution in [-0.4, -0.2) is 12.3 Å². The molecule has 0 aromatic rings. The van der Waals surface area contributed by atoms with Crippen LogP contribution >= 0.6 is 0 Å². The Bertz CT molecular complexity index is 96.9. The van der Waals surface area contributed by atoms with Gasteiger partial charge >= 0.3 is 0 Å². The summed E-state index contributed by atoms with van der Waals surface area (Å²) in [6, 6.07) is 0.514. The standard InChI is InChI=1S/C9H19N/c1-5-8(3)7-9(4)10-6-2/h6,8-9H,5,7H2,1-4H3/b10-6-/t8-,9?/m0/s1. The van der Waals surface area contributed by atoms with E-state index in [-0.39, 0.29) is 0 Å². The summed E-state index contributed by atoms with van der Waals surface area (Å²) in [4.78, 5) is 4.29. The van der Waals surface area contributed by atoms with Gasteiger partial charge in [-0.3, -0.25) is 4.99 Å². The van der Waals surface area contributed by atoms with Gasteiger partial charge in [-0.05, 0) is 32.4 Å². The van der Waals surface area contributed by atoms with E-state index in [9.17, 15) is 0 Å². The summed E-state index contributed by atoms with van der Waals surface area (Å²) >= 11 is 0. The molecule has 0 N–H and O–H groups in total. The lowest BCUT2D eigenvalue weighted by atomic mass is 10.0. The van der Waals surface area contributed by atoms with E-state index in [4.69, 9.17) is 0 Å². The summed E-state index contributed by atoms with van der Waals surface area (Å²) in [5.41, 5.74) is 0. The molecule has 0 aromatic heterocycles. The Balaban J connectivity index is 3.46. The molecule has 0 amide bonds. The molecule has 0 saturated heterocycles. The average Bonchev–Trinajstić information content (AvgIpc) is 1.88. The fraction of sp³-hybridized carbons (Fsp3) is 0.889. The molecule has 0 aliphatic heterocycles. The second kappa shape index (κ2) is 5.45. The number of hydrogen-bond donors (Lipinski definition) is 0. The van der Waals surface area contributed by atoms with Crippen molar-refractivity contribution in [1.29, 1.82) is 0 Å². The zero-order chi connectivity index (χ0) is 7.98. The molecule has 1 heteroatoms. The molecule has 1 nitrogen and oxygen atoms in total. The van der Waals surface area contributed by atoms with E-state index >= 15 is 0 Å². The third-order valence-electron chi connectivity index (χ3n) is 1.84. The first-order chi connectivity index (χ1) is 4.70. The van der Waals surface area contributed by atoms with Crippen LogP contribution < -0.4 is 0 Å². The molecule has 60 valence electrons. The summed E-state index contributed by atoms with van der Waals surface area (Å²) in [5, 5.41) is 0. The van der Waals surface area contributed by atoms with Crippen LogP contribution in [0.1, 0.15) is 40.5 Å². The first-order valence-corrected chi connectivity index (χ1v) is 4.18. The van der Waals surface area contributed by atoms with E-state index < -0.39 is 0 Å². The Hall–Kier alpha value is -0.330. The first kappa shape index (κ1) is 9.67. The van der Waals surface area contributed by atoms with Crippen LogP contribution in [0, 0.1) is 5.92 Å². The second-order valence-electron chi connectivity index (χ2n) is 3.01. The van der Waals surface area contributed by atoms with Gasteiger partial charge in [0.05, 0.1) is 0 Å². The van der Waals surface area contributed by atoms with Gasteiger partial charge in [-0.25, -0.2) is 0 Å². The van der Waals surface area contributed by atoms with Gasteiger partial charge in [0.2, 0.25) is 0 Å². The van der Waals surface area contributed by atoms with Crippen molar-refractivity contribution >= 4 is 6.21 Å². The molecular weight excluding hydrogens is 122 g/mol. The Kier molecular flexibility index (Phi) is 5.27. The highest BCUT2D eigenvalue weighted by atomic mass is 14.7. The molecule has 0 bridgehead atoms. The van der Waals surface area contributed by atoms with Crippen molar-refractivity contribution in [1.82, 2.24) is 0 Å². The maximum atomic E-state index is 4.29. The summed E-state index contributed by atoms with van der Waals surface area (Å²) in [6.45, 7) is 8.66. The molecule has 2 atom stereocenters. The van der Waals surface area contributed by atoms with Gasteiger partial charge < -0.3 is 0 Å². The van der Waals surface area contributed by atoms with Crippen molar-refractivity contribution in [2.24, 2.45) is 10.9 Å². The molecular formula is C9H19N. The lowest BCUT2D eigenvalue weighted by molar-refractivity contribution is 0.471. The van der Waals surface area contributed by atoms with Gasteiger partial charge in [0, 0.05) is 6.04 Å². The zero-order valence-corrected chi connectivity index (χ0v) is 7.59. The first-order valence-electron chi connectivity index (χ1n) is 4.18. The molecule has 10 heavy (non-hydrogen) atoms. The molecule has 0 aliphatic rings. The third kappa shape index (κ3) is 4.54. The number of hydrogen-bond acceptors (Lipinski definition) is 1.